The first kappa shape index (κ1) is 10.2. The number of amidine groups is 1. The molecule has 2 rings (SSSR count). The summed E-state index contributed by atoms with van der Waals surface area (Å²) in [5, 5.41) is 12.5. The van der Waals surface area contributed by atoms with Crippen LogP contribution in [-0.2, 0) is 4.74 Å². The van der Waals surface area contributed by atoms with Gasteiger partial charge in [-0.05, 0) is 0 Å². The van der Waals surface area contributed by atoms with Crippen molar-refractivity contribution in [3.63, 3.8) is 0 Å². The van der Waals surface area contributed by atoms with Gasteiger partial charge in [0.05, 0.1) is 18.5 Å². The molecule has 0 amide bonds. The van der Waals surface area contributed by atoms with E-state index in [0.29, 0.717) is 29.2 Å². The van der Waals surface area contributed by atoms with Gasteiger partial charge in [0, 0.05) is 12.4 Å². The second-order valence-corrected chi connectivity index (χ2v) is 4.26. The molecule has 0 aliphatic carbocycles. The second kappa shape index (κ2) is 4.45. The van der Waals surface area contributed by atoms with Crippen molar-refractivity contribution < 1.29 is 9.94 Å². The second-order valence-electron chi connectivity index (χ2n) is 2.97. The number of rotatable bonds is 3. The van der Waals surface area contributed by atoms with Crippen LogP contribution in [0.25, 0.3) is 0 Å². The molecule has 7 heteroatoms. The molecule has 0 unspecified atom stereocenters. The molecule has 15 heavy (non-hydrogen) atoms. The molecule has 1 saturated heterocycles. The summed E-state index contributed by atoms with van der Waals surface area (Å²) < 4.78 is 5.05. The number of nitrogens with zero attached hydrogens (tertiary/aromatic N) is 3. The Morgan fingerprint density at radius 1 is 1.53 bits per heavy atom. The molecule has 1 aromatic rings. The average molecular weight is 226 g/mol. The van der Waals surface area contributed by atoms with Crippen LogP contribution in [0.5, 0.6) is 0 Å². The highest BCUT2D eigenvalue weighted by atomic mass is 32.2. The lowest BCUT2D eigenvalue weighted by Gasteiger charge is -2.24. The van der Waals surface area contributed by atoms with Gasteiger partial charge in [-0.1, -0.05) is 16.9 Å². The van der Waals surface area contributed by atoms with E-state index in [1.165, 1.54) is 18.0 Å². The summed E-state index contributed by atoms with van der Waals surface area (Å²) in [7, 11) is 0. The Labute approximate surface area is 90.5 Å². The van der Waals surface area contributed by atoms with E-state index in [1.54, 1.807) is 6.20 Å². The average Bonchev–Trinajstić information content (AvgIpc) is 2.23. The summed E-state index contributed by atoms with van der Waals surface area (Å²) >= 11 is 1.53. The van der Waals surface area contributed by atoms with Crippen molar-refractivity contribution in [2.24, 2.45) is 10.9 Å². The van der Waals surface area contributed by atoms with Crippen LogP contribution in [0.4, 0.5) is 0 Å². The molecule has 0 spiro atoms. The van der Waals surface area contributed by atoms with E-state index in [0.717, 1.165) is 0 Å². The maximum absolute atomic E-state index is 8.58. The summed E-state index contributed by atoms with van der Waals surface area (Å²) in [6.07, 6.45) is 3.09. The zero-order valence-corrected chi connectivity index (χ0v) is 8.65. The monoisotopic (exact) mass is 226 g/mol. The molecule has 2 heterocycles. The highest BCUT2D eigenvalue weighted by molar-refractivity contribution is 8.00. The summed E-state index contributed by atoms with van der Waals surface area (Å²) in [6.45, 7) is 1.41. The van der Waals surface area contributed by atoms with Gasteiger partial charge in [-0.15, -0.1) is 0 Å². The zero-order chi connectivity index (χ0) is 10.7. The summed E-state index contributed by atoms with van der Waals surface area (Å²) in [6, 6.07) is 0. The highest BCUT2D eigenvalue weighted by Gasteiger charge is 2.22. The lowest BCUT2D eigenvalue weighted by Crippen LogP contribution is -2.30. The number of hydrogen-bond donors (Lipinski definition) is 2. The first-order chi connectivity index (χ1) is 7.31. The van der Waals surface area contributed by atoms with Gasteiger partial charge in [-0.2, -0.15) is 0 Å². The van der Waals surface area contributed by atoms with Crippen LogP contribution in [0.1, 0.15) is 5.69 Å². The Balaban J connectivity index is 2.20. The van der Waals surface area contributed by atoms with Crippen molar-refractivity contribution in [3.8, 4) is 0 Å². The summed E-state index contributed by atoms with van der Waals surface area (Å²) in [5.41, 5.74) is 5.90. The predicted molar refractivity (Wildman–Crippen MR) is 55.0 cm³/mol. The van der Waals surface area contributed by atoms with E-state index in [9.17, 15) is 0 Å². The Morgan fingerprint density at radius 3 is 2.87 bits per heavy atom. The molecule has 6 nitrogen and oxygen atoms in total. The van der Waals surface area contributed by atoms with Crippen molar-refractivity contribution in [1.29, 1.82) is 0 Å². The molecule has 0 atom stereocenters. The number of oxime groups is 1. The van der Waals surface area contributed by atoms with Crippen molar-refractivity contribution in [2.75, 3.05) is 13.2 Å². The lowest BCUT2D eigenvalue weighted by molar-refractivity contribution is 0.0454. The topological polar surface area (TPSA) is 93.6 Å². The molecule has 1 fully saturated rings. The highest BCUT2D eigenvalue weighted by Crippen LogP contribution is 2.27. The van der Waals surface area contributed by atoms with Crippen LogP contribution < -0.4 is 5.73 Å². The third-order valence-electron chi connectivity index (χ3n) is 1.90. The molecule has 0 saturated carbocycles. The van der Waals surface area contributed by atoms with Gasteiger partial charge in [-0.3, -0.25) is 0 Å². The molecular weight excluding hydrogens is 216 g/mol. The van der Waals surface area contributed by atoms with Crippen LogP contribution in [0.15, 0.2) is 22.6 Å². The lowest BCUT2D eigenvalue weighted by atomic mass is 10.4. The van der Waals surface area contributed by atoms with E-state index in [4.69, 9.17) is 15.7 Å². The molecule has 80 valence electrons. The van der Waals surface area contributed by atoms with Gasteiger partial charge in [0.2, 0.25) is 0 Å². The van der Waals surface area contributed by atoms with E-state index in [-0.39, 0.29) is 5.84 Å². The third kappa shape index (κ3) is 2.18. The normalized spacial score (nSPS) is 17.5. The summed E-state index contributed by atoms with van der Waals surface area (Å²) in [5.74, 6) is -0.0224. The van der Waals surface area contributed by atoms with E-state index >= 15 is 0 Å². The molecule has 0 aromatic carbocycles. The van der Waals surface area contributed by atoms with Gasteiger partial charge in [0.25, 0.3) is 0 Å². The molecule has 1 aliphatic heterocycles. The first-order valence-corrected chi connectivity index (χ1v) is 5.22. The molecule has 0 bridgehead atoms. The molecule has 0 radical (unpaired) electrons. The predicted octanol–water partition coefficient (Wildman–Crippen LogP) is 0.0620. The maximum Gasteiger partial charge on any atom is 0.191 e. The van der Waals surface area contributed by atoms with Crippen LogP contribution in [0.3, 0.4) is 0 Å². The quantitative estimate of drug-likeness (QED) is 0.327. The zero-order valence-electron chi connectivity index (χ0n) is 7.83. The van der Waals surface area contributed by atoms with Crippen LogP contribution in [0.2, 0.25) is 0 Å². The first-order valence-electron chi connectivity index (χ1n) is 4.34. The van der Waals surface area contributed by atoms with E-state index in [2.05, 4.69) is 15.1 Å². The van der Waals surface area contributed by atoms with Crippen molar-refractivity contribution in [1.82, 2.24) is 9.97 Å². The van der Waals surface area contributed by atoms with Gasteiger partial charge >= 0.3 is 0 Å². The van der Waals surface area contributed by atoms with Crippen LogP contribution >= 0.6 is 11.8 Å². The Morgan fingerprint density at radius 2 is 2.27 bits per heavy atom. The minimum absolute atomic E-state index is 0.0224. The minimum atomic E-state index is -0.0224. The Kier molecular flexibility index (Phi) is 3.02. The van der Waals surface area contributed by atoms with Crippen molar-refractivity contribution in [2.45, 2.75) is 10.3 Å². The molecule has 3 N–H and O–H groups in total. The van der Waals surface area contributed by atoms with Gasteiger partial charge in [0.1, 0.15) is 10.7 Å². The Hall–Kier alpha value is -1.34. The van der Waals surface area contributed by atoms with Crippen molar-refractivity contribution in [3.05, 3.63) is 18.1 Å². The fourth-order valence-electron chi connectivity index (χ4n) is 1.07. The number of aromatic nitrogens is 2. The number of thioether (sulfide) groups is 1. The van der Waals surface area contributed by atoms with E-state index in [1.807, 2.05) is 0 Å². The van der Waals surface area contributed by atoms with Crippen LogP contribution in [0, 0.1) is 0 Å². The standard InChI is InChI=1S/C8H10N4O2S/c9-7(12-13)6-8(11-2-1-10-6)15-5-3-14-4-5/h1-2,5,13H,3-4H2,(H2,9,12). The largest absolute Gasteiger partial charge is 0.409 e. The van der Waals surface area contributed by atoms with Gasteiger partial charge in [-0.25, -0.2) is 9.97 Å². The van der Waals surface area contributed by atoms with E-state index < -0.39 is 0 Å². The van der Waals surface area contributed by atoms with Crippen molar-refractivity contribution >= 4 is 17.6 Å². The number of hydrogen-bond acceptors (Lipinski definition) is 6. The molecular formula is C8H10N4O2S. The van der Waals surface area contributed by atoms with Gasteiger partial charge in [0.15, 0.2) is 5.84 Å². The third-order valence-corrected chi connectivity index (χ3v) is 3.03. The maximum atomic E-state index is 8.58. The fourth-order valence-corrected chi connectivity index (χ4v) is 2.11. The number of ether oxygens (including phenoxy) is 1. The van der Waals surface area contributed by atoms with Gasteiger partial charge < -0.3 is 15.7 Å². The minimum Gasteiger partial charge on any atom is -0.409 e. The molecule has 1 aliphatic rings. The fraction of sp³-hybridized carbons (Fsp3) is 0.375. The van der Waals surface area contributed by atoms with Crippen LogP contribution in [-0.4, -0.2) is 39.5 Å². The smallest absolute Gasteiger partial charge is 0.191 e. The Bertz CT molecular complexity index is 381. The number of nitrogens with two attached hydrogens (primary N) is 1. The summed E-state index contributed by atoms with van der Waals surface area (Å²) in [4.78, 5) is 8.16. The SMILES string of the molecule is NC(=NO)c1nccnc1SC1COC1. The molecule has 1 aromatic heterocycles.